The molecule has 0 aliphatic carbocycles. The van der Waals surface area contributed by atoms with Gasteiger partial charge in [-0.3, -0.25) is 4.79 Å². The molecular formula is C11H15N3O3. The van der Waals surface area contributed by atoms with Crippen LogP contribution in [0.3, 0.4) is 0 Å². The molecule has 0 saturated heterocycles. The summed E-state index contributed by atoms with van der Waals surface area (Å²) in [5.74, 6) is -0.671. The van der Waals surface area contributed by atoms with Crippen molar-refractivity contribution in [2.45, 2.75) is 0 Å². The molecule has 0 atom stereocenters. The topological polar surface area (TPSA) is 93.5 Å². The summed E-state index contributed by atoms with van der Waals surface area (Å²) in [7, 11) is 2.96. The number of carbonyl (C=O) groups excluding carboxylic acids is 2. The van der Waals surface area contributed by atoms with Gasteiger partial charge in [-0.05, 0) is 25.2 Å². The van der Waals surface area contributed by atoms with Gasteiger partial charge in [0, 0.05) is 0 Å². The van der Waals surface area contributed by atoms with Crippen molar-refractivity contribution in [3.63, 3.8) is 0 Å². The minimum atomic E-state index is -0.468. The number of nitrogen functional groups attached to an aromatic ring is 1. The van der Waals surface area contributed by atoms with Gasteiger partial charge in [0.15, 0.2) is 0 Å². The third-order valence-electron chi connectivity index (χ3n) is 2.08. The molecule has 0 saturated carbocycles. The van der Waals surface area contributed by atoms with E-state index in [4.69, 9.17) is 5.73 Å². The lowest BCUT2D eigenvalue weighted by Gasteiger charge is -2.09. The molecule has 0 aliphatic rings. The SMILES string of the molecule is CNCC(=O)Nc1ccc(C(=O)OC)cc1N. The Morgan fingerprint density at radius 1 is 1.41 bits per heavy atom. The Labute approximate surface area is 99.1 Å². The Morgan fingerprint density at radius 3 is 2.65 bits per heavy atom. The molecule has 17 heavy (non-hydrogen) atoms. The standard InChI is InChI=1S/C11H15N3O3/c1-13-6-10(15)14-9-4-3-7(5-8(9)12)11(16)17-2/h3-5,13H,6,12H2,1-2H3,(H,14,15). The largest absolute Gasteiger partial charge is 0.465 e. The van der Waals surface area contributed by atoms with Gasteiger partial charge in [-0.15, -0.1) is 0 Å². The highest BCUT2D eigenvalue weighted by atomic mass is 16.5. The molecule has 4 N–H and O–H groups in total. The number of anilines is 2. The maximum Gasteiger partial charge on any atom is 0.337 e. The Bertz CT molecular complexity index is 432. The molecule has 1 rings (SSSR count). The monoisotopic (exact) mass is 237 g/mol. The van der Waals surface area contributed by atoms with Crippen LogP contribution in [-0.2, 0) is 9.53 Å². The van der Waals surface area contributed by atoms with Crippen LogP contribution in [0.4, 0.5) is 11.4 Å². The van der Waals surface area contributed by atoms with Gasteiger partial charge in [0.1, 0.15) is 0 Å². The van der Waals surface area contributed by atoms with E-state index in [0.29, 0.717) is 16.9 Å². The molecule has 6 nitrogen and oxygen atoms in total. The minimum Gasteiger partial charge on any atom is -0.465 e. The van der Waals surface area contributed by atoms with Crippen molar-refractivity contribution >= 4 is 23.3 Å². The molecule has 0 bridgehead atoms. The van der Waals surface area contributed by atoms with Crippen LogP contribution in [0.1, 0.15) is 10.4 Å². The van der Waals surface area contributed by atoms with Gasteiger partial charge in [-0.25, -0.2) is 4.79 Å². The van der Waals surface area contributed by atoms with E-state index in [2.05, 4.69) is 15.4 Å². The van der Waals surface area contributed by atoms with E-state index in [1.807, 2.05) is 0 Å². The number of benzene rings is 1. The van der Waals surface area contributed by atoms with Crippen LogP contribution in [0.2, 0.25) is 0 Å². The first-order chi connectivity index (χ1) is 8.08. The van der Waals surface area contributed by atoms with Gasteiger partial charge in [-0.2, -0.15) is 0 Å². The van der Waals surface area contributed by atoms with Crippen molar-refractivity contribution in [3.8, 4) is 0 Å². The van der Waals surface area contributed by atoms with Crippen molar-refractivity contribution < 1.29 is 14.3 Å². The molecule has 0 heterocycles. The van der Waals surface area contributed by atoms with Crippen molar-refractivity contribution in [2.75, 3.05) is 31.8 Å². The molecule has 0 aliphatic heterocycles. The number of ether oxygens (including phenoxy) is 1. The van der Waals surface area contributed by atoms with Crippen molar-refractivity contribution in [3.05, 3.63) is 23.8 Å². The van der Waals surface area contributed by atoms with E-state index in [1.165, 1.54) is 19.2 Å². The lowest BCUT2D eigenvalue weighted by atomic mass is 10.1. The van der Waals surface area contributed by atoms with Crippen LogP contribution in [0.5, 0.6) is 0 Å². The maximum absolute atomic E-state index is 11.3. The number of carbonyl (C=O) groups is 2. The molecule has 92 valence electrons. The molecule has 1 aromatic rings. The number of amides is 1. The van der Waals surface area contributed by atoms with Crippen molar-refractivity contribution in [2.24, 2.45) is 0 Å². The number of esters is 1. The first-order valence-corrected chi connectivity index (χ1v) is 5.00. The van der Waals surface area contributed by atoms with E-state index in [-0.39, 0.29) is 12.5 Å². The average Bonchev–Trinajstić information content (AvgIpc) is 2.31. The van der Waals surface area contributed by atoms with Gasteiger partial charge in [0.2, 0.25) is 5.91 Å². The summed E-state index contributed by atoms with van der Waals surface area (Å²) in [5.41, 5.74) is 6.85. The summed E-state index contributed by atoms with van der Waals surface area (Å²) >= 11 is 0. The van der Waals surface area contributed by atoms with E-state index in [0.717, 1.165) is 0 Å². The van der Waals surface area contributed by atoms with E-state index in [1.54, 1.807) is 13.1 Å². The highest BCUT2D eigenvalue weighted by molar-refractivity contribution is 5.97. The number of methoxy groups -OCH3 is 1. The van der Waals surface area contributed by atoms with Gasteiger partial charge >= 0.3 is 5.97 Å². The van der Waals surface area contributed by atoms with E-state index in [9.17, 15) is 9.59 Å². The summed E-state index contributed by atoms with van der Waals surface area (Å²) < 4.78 is 4.56. The molecule has 0 radical (unpaired) electrons. The third-order valence-corrected chi connectivity index (χ3v) is 2.08. The summed E-state index contributed by atoms with van der Waals surface area (Å²) in [6.45, 7) is 0.193. The third kappa shape index (κ3) is 3.46. The molecule has 6 heteroatoms. The number of hydrogen-bond acceptors (Lipinski definition) is 5. The molecule has 0 unspecified atom stereocenters. The van der Waals surface area contributed by atoms with Crippen molar-refractivity contribution in [1.29, 1.82) is 0 Å². The van der Waals surface area contributed by atoms with Gasteiger partial charge in [-0.1, -0.05) is 0 Å². The van der Waals surface area contributed by atoms with Crippen LogP contribution in [0, 0.1) is 0 Å². The van der Waals surface area contributed by atoms with Crippen LogP contribution >= 0.6 is 0 Å². The molecule has 0 fully saturated rings. The molecule has 1 amide bonds. The predicted molar refractivity (Wildman–Crippen MR) is 64.8 cm³/mol. The number of nitrogens with two attached hydrogens (primary N) is 1. The van der Waals surface area contributed by atoms with Gasteiger partial charge in [0.25, 0.3) is 0 Å². The summed E-state index contributed by atoms with van der Waals surface area (Å²) in [6.07, 6.45) is 0. The van der Waals surface area contributed by atoms with Crippen LogP contribution in [-0.4, -0.2) is 32.6 Å². The summed E-state index contributed by atoms with van der Waals surface area (Å²) in [4.78, 5) is 22.5. The summed E-state index contributed by atoms with van der Waals surface area (Å²) in [5, 5.41) is 5.34. The van der Waals surface area contributed by atoms with Gasteiger partial charge < -0.3 is 21.1 Å². The zero-order valence-corrected chi connectivity index (χ0v) is 9.74. The zero-order chi connectivity index (χ0) is 12.8. The molecule has 0 aromatic heterocycles. The van der Waals surface area contributed by atoms with E-state index >= 15 is 0 Å². The average molecular weight is 237 g/mol. The fourth-order valence-electron chi connectivity index (χ4n) is 1.28. The lowest BCUT2D eigenvalue weighted by Crippen LogP contribution is -2.25. The van der Waals surface area contributed by atoms with Crippen LogP contribution in [0.25, 0.3) is 0 Å². The predicted octanol–water partition coefficient (Wildman–Crippen LogP) is 0.213. The number of likely N-dealkylation sites (N-methyl/N-ethyl adjacent to an activating group) is 1. The van der Waals surface area contributed by atoms with Crippen LogP contribution in [0.15, 0.2) is 18.2 Å². The van der Waals surface area contributed by atoms with Crippen LogP contribution < -0.4 is 16.4 Å². The first-order valence-electron chi connectivity index (χ1n) is 5.00. The number of nitrogens with one attached hydrogen (secondary N) is 2. The highest BCUT2D eigenvalue weighted by Crippen LogP contribution is 2.20. The zero-order valence-electron chi connectivity index (χ0n) is 9.74. The van der Waals surface area contributed by atoms with Crippen molar-refractivity contribution in [1.82, 2.24) is 5.32 Å². The molecule has 1 aromatic carbocycles. The maximum atomic E-state index is 11.3. The minimum absolute atomic E-state index is 0.193. The molecule has 0 spiro atoms. The Morgan fingerprint density at radius 2 is 2.12 bits per heavy atom. The second kappa shape index (κ2) is 5.86. The Balaban J connectivity index is 2.83. The van der Waals surface area contributed by atoms with Gasteiger partial charge in [0.05, 0.1) is 30.6 Å². The fraction of sp³-hybridized carbons (Fsp3) is 0.273. The number of rotatable bonds is 4. The number of hydrogen-bond donors (Lipinski definition) is 3. The summed E-state index contributed by atoms with van der Waals surface area (Å²) in [6, 6.07) is 4.56. The highest BCUT2D eigenvalue weighted by Gasteiger charge is 2.09. The second-order valence-corrected chi connectivity index (χ2v) is 3.37. The Kier molecular flexibility index (Phi) is 4.47. The normalized spacial score (nSPS) is 9.76. The first kappa shape index (κ1) is 13.0. The second-order valence-electron chi connectivity index (χ2n) is 3.37. The van der Waals surface area contributed by atoms with E-state index < -0.39 is 5.97 Å². The molecular weight excluding hydrogens is 222 g/mol. The fourth-order valence-corrected chi connectivity index (χ4v) is 1.28. The quantitative estimate of drug-likeness (QED) is 0.514. The Hall–Kier alpha value is -2.08. The smallest absolute Gasteiger partial charge is 0.337 e. The lowest BCUT2D eigenvalue weighted by molar-refractivity contribution is -0.115.